The number of hydrogen-bond acceptors (Lipinski definition) is 5. The summed E-state index contributed by atoms with van der Waals surface area (Å²) in [6, 6.07) is 16.6. The number of nitrogens with zero attached hydrogens (tertiary/aromatic N) is 2. The SMILES string of the molecule is Cc1ccc(-c2nnc(SCC(=O)Nc3ccccc3)[nH]c2=O)cc1. The first-order chi connectivity index (χ1) is 12.1. The van der Waals surface area contributed by atoms with E-state index in [1.54, 1.807) is 12.1 Å². The molecular formula is C18H16N4O2S. The number of aryl methyl sites for hydroxylation is 1. The number of carbonyl (C=O) groups excluding carboxylic acids is 1. The number of anilines is 1. The second-order valence-electron chi connectivity index (χ2n) is 5.38. The molecule has 0 aliphatic rings. The van der Waals surface area contributed by atoms with E-state index in [9.17, 15) is 9.59 Å². The van der Waals surface area contributed by atoms with Crippen molar-refractivity contribution in [3.63, 3.8) is 0 Å². The van der Waals surface area contributed by atoms with Gasteiger partial charge in [-0.1, -0.05) is 59.8 Å². The molecule has 3 rings (SSSR count). The zero-order valence-corrected chi connectivity index (χ0v) is 14.3. The van der Waals surface area contributed by atoms with Gasteiger partial charge in [0.25, 0.3) is 5.56 Å². The lowest BCUT2D eigenvalue weighted by Crippen LogP contribution is -2.17. The van der Waals surface area contributed by atoms with Crippen LogP contribution in [-0.4, -0.2) is 26.8 Å². The number of nitrogens with one attached hydrogen (secondary N) is 2. The third kappa shape index (κ3) is 4.54. The maximum atomic E-state index is 12.2. The van der Waals surface area contributed by atoms with E-state index < -0.39 is 0 Å². The highest BCUT2D eigenvalue weighted by Gasteiger charge is 2.10. The lowest BCUT2D eigenvalue weighted by molar-refractivity contribution is -0.113. The number of aromatic nitrogens is 3. The van der Waals surface area contributed by atoms with Gasteiger partial charge in [-0.05, 0) is 19.1 Å². The number of benzene rings is 2. The van der Waals surface area contributed by atoms with Crippen molar-refractivity contribution in [1.82, 2.24) is 15.2 Å². The van der Waals surface area contributed by atoms with Gasteiger partial charge in [-0.2, -0.15) is 0 Å². The van der Waals surface area contributed by atoms with E-state index >= 15 is 0 Å². The maximum Gasteiger partial charge on any atom is 0.278 e. The normalized spacial score (nSPS) is 10.4. The van der Waals surface area contributed by atoms with Crippen molar-refractivity contribution in [2.75, 3.05) is 11.1 Å². The topological polar surface area (TPSA) is 87.7 Å². The summed E-state index contributed by atoms with van der Waals surface area (Å²) in [7, 11) is 0. The molecule has 7 heteroatoms. The summed E-state index contributed by atoms with van der Waals surface area (Å²) in [6.45, 7) is 1.97. The average Bonchev–Trinajstić information content (AvgIpc) is 2.62. The summed E-state index contributed by atoms with van der Waals surface area (Å²) in [4.78, 5) is 26.8. The van der Waals surface area contributed by atoms with E-state index in [1.807, 2.05) is 49.4 Å². The van der Waals surface area contributed by atoms with Gasteiger partial charge in [0.05, 0.1) is 5.75 Å². The van der Waals surface area contributed by atoms with E-state index in [0.29, 0.717) is 10.7 Å². The molecule has 25 heavy (non-hydrogen) atoms. The molecule has 0 bridgehead atoms. The molecule has 6 nitrogen and oxygen atoms in total. The predicted molar refractivity (Wildman–Crippen MR) is 98.6 cm³/mol. The van der Waals surface area contributed by atoms with E-state index in [2.05, 4.69) is 20.5 Å². The van der Waals surface area contributed by atoms with Crippen LogP contribution in [0.15, 0.2) is 64.5 Å². The van der Waals surface area contributed by atoms with Crippen LogP contribution in [0, 0.1) is 6.92 Å². The number of rotatable bonds is 5. The first kappa shape index (κ1) is 16.9. The minimum atomic E-state index is -0.329. The Kier molecular flexibility index (Phi) is 5.25. The van der Waals surface area contributed by atoms with E-state index in [1.165, 1.54) is 0 Å². The molecule has 1 heterocycles. The van der Waals surface area contributed by atoms with E-state index in [-0.39, 0.29) is 22.9 Å². The zero-order valence-electron chi connectivity index (χ0n) is 13.5. The van der Waals surface area contributed by atoms with Crippen molar-refractivity contribution in [2.24, 2.45) is 0 Å². The van der Waals surface area contributed by atoms with E-state index in [4.69, 9.17) is 0 Å². The molecule has 0 unspecified atom stereocenters. The number of amides is 1. The Labute approximate surface area is 148 Å². The summed E-state index contributed by atoms with van der Waals surface area (Å²) in [5.74, 6) is -0.0508. The van der Waals surface area contributed by atoms with Gasteiger partial charge < -0.3 is 5.32 Å². The highest BCUT2D eigenvalue weighted by atomic mass is 32.2. The van der Waals surface area contributed by atoms with Gasteiger partial charge in [0.2, 0.25) is 5.91 Å². The summed E-state index contributed by atoms with van der Waals surface area (Å²) in [5, 5.41) is 11.1. The molecule has 0 aliphatic carbocycles. The molecule has 0 saturated heterocycles. The third-order valence-electron chi connectivity index (χ3n) is 3.40. The van der Waals surface area contributed by atoms with Crippen LogP contribution in [-0.2, 0) is 4.79 Å². The number of para-hydroxylation sites is 1. The lowest BCUT2D eigenvalue weighted by atomic mass is 10.1. The Morgan fingerprint density at radius 1 is 1.08 bits per heavy atom. The van der Waals surface area contributed by atoms with Crippen LogP contribution < -0.4 is 10.9 Å². The minimum absolute atomic E-state index is 0.128. The van der Waals surface area contributed by atoms with Gasteiger partial charge in [-0.3, -0.25) is 14.6 Å². The fourth-order valence-electron chi connectivity index (χ4n) is 2.14. The molecule has 2 aromatic carbocycles. The van der Waals surface area contributed by atoms with Crippen molar-refractivity contribution in [3.05, 3.63) is 70.5 Å². The molecule has 0 radical (unpaired) electrons. The predicted octanol–water partition coefficient (Wildman–Crippen LogP) is 2.87. The van der Waals surface area contributed by atoms with Gasteiger partial charge in [0.1, 0.15) is 0 Å². The minimum Gasteiger partial charge on any atom is -0.325 e. The summed E-state index contributed by atoms with van der Waals surface area (Å²) >= 11 is 1.13. The summed E-state index contributed by atoms with van der Waals surface area (Å²) in [5.41, 5.74) is 2.47. The van der Waals surface area contributed by atoms with Gasteiger partial charge in [-0.25, -0.2) is 0 Å². The standard InChI is InChI=1S/C18H16N4O2S/c1-12-7-9-13(10-8-12)16-17(24)20-18(22-21-16)25-11-15(23)19-14-5-3-2-4-6-14/h2-10H,11H2,1H3,(H,19,23)(H,20,22,24). The van der Waals surface area contributed by atoms with Crippen molar-refractivity contribution >= 4 is 23.4 Å². The highest BCUT2D eigenvalue weighted by molar-refractivity contribution is 7.99. The average molecular weight is 352 g/mol. The maximum absolute atomic E-state index is 12.2. The third-order valence-corrected chi connectivity index (χ3v) is 4.26. The molecule has 0 atom stereocenters. The molecule has 1 aromatic heterocycles. The van der Waals surface area contributed by atoms with Crippen LogP contribution in [0.1, 0.15) is 5.56 Å². The van der Waals surface area contributed by atoms with E-state index in [0.717, 1.165) is 23.0 Å². The Morgan fingerprint density at radius 3 is 2.48 bits per heavy atom. The Bertz CT molecular complexity index is 924. The highest BCUT2D eigenvalue weighted by Crippen LogP contribution is 2.15. The number of aromatic amines is 1. The zero-order chi connectivity index (χ0) is 17.6. The molecule has 0 saturated carbocycles. The van der Waals surface area contributed by atoms with Crippen LogP contribution >= 0.6 is 11.8 Å². The number of carbonyl (C=O) groups is 1. The molecule has 0 aliphatic heterocycles. The lowest BCUT2D eigenvalue weighted by Gasteiger charge is -2.05. The fourth-order valence-corrected chi connectivity index (χ4v) is 2.74. The van der Waals surface area contributed by atoms with Crippen LogP contribution in [0.25, 0.3) is 11.3 Å². The van der Waals surface area contributed by atoms with Crippen LogP contribution in [0.3, 0.4) is 0 Å². The van der Waals surface area contributed by atoms with Crippen molar-refractivity contribution in [3.8, 4) is 11.3 Å². The van der Waals surface area contributed by atoms with Crippen molar-refractivity contribution in [2.45, 2.75) is 12.1 Å². The van der Waals surface area contributed by atoms with Gasteiger partial charge in [0, 0.05) is 11.3 Å². The molecule has 2 N–H and O–H groups in total. The van der Waals surface area contributed by atoms with Crippen LogP contribution in [0.5, 0.6) is 0 Å². The van der Waals surface area contributed by atoms with Crippen molar-refractivity contribution < 1.29 is 4.79 Å². The quantitative estimate of drug-likeness (QED) is 0.690. The number of thioether (sulfide) groups is 1. The Balaban J connectivity index is 1.64. The van der Waals surface area contributed by atoms with Crippen LogP contribution in [0.4, 0.5) is 5.69 Å². The fraction of sp³-hybridized carbons (Fsp3) is 0.111. The second-order valence-corrected chi connectivity index (χ2v) is 6.34. The Morgan fingerprint density at radius 2 is 1.80 bits per heavy atom. The number of hydrogen-bond donors (Lipinski definition) is 2. The number of H-pyrrole nitrogens is 1. The first-order valence-corrected chi connectivity index (χ1v) is 8.62. The molecule has 126 valence electrons. The monoisotopic (exact) mass is 352 g/mol. The molecule has 1 amide bonds. The first-order valence-electron chi connectivity index (χ1n) is 7.63. The smallest absolute Gasteiger partial charge is 0.278 e. The van der Waals surface area contributed by atoms with Gasteiger partial charge in [0.15, 0.2) is 10.9 Å². The molecular weight excluding hydrogens is 336 g/mol. The summed E-state index contributed by atoms with van der Waals surface area (Å²) < 4.78 is 0. The molecule has 3 aromatic rings. The van der Waals surface area contributed by atoms with Gasteiger partial charge in [-0.15, -0.1) is 10.2 Å². The summed E-state index contributed by atoms with van der Waals surface area (Å²) in [6.07, 6.45) is 0. The molecule has 0 fully saturated rings. The largest absolute Gasteiger partial charge is 0.325 e. The van der Waals surface area contributed by atoms with Crippen LogP contribution in [0.2, 0.25) is 0 Å². The molecule has 0 spiro atoms. The van der Waals surface area contributed by atoms with Crippen molar-refractivity contribution in [1.29, 1.82) is 0 Å². The Hall–Kier alpha value is -2.93. The second kappa shape index (κ2) is 7.76. The van der Waals surface area contributed by atoms with Gasteiger partial charge >= 0.3 is 0 Å².